The molecule has 0 bridgehead atoms. The fourth-order valence-electron chi connectivity index (χ4n) is 4.06. The van der Waals surface area contributed by atoms with Crippen molar-refractivity contribution in [1.29, 1.82) is 0 Å². The lowest BCUT2D eigenvalue weighted by molar-refractivity contribution is -0.316. The van der Waals surface area contributed by atoms with Gasteiger partial charge in [0.2, 0.25) is 0 Å². The highest BCUT2D eigenvalue weighted by Gasteiger charge is 2.48. The molecule has 1 fully saturated rings. The summed E-state index contributed by atoms with van der Waals surface area (Å²) in [6.45, 7) is -2.16. The second-order valence-electron chi connectivity index (χ2n) is 8.62. The van der Waals surface area contributed by atoms with Crippen LogP contribution in [0, 0.1) is 0 Å². The number of ether oxygens (including phenoxy) is 2. The molecular formula is C20H35NO14. The maximum absolute atomic E-state index is 10.9. The first-order valence-electron chi connectivity index (χ1n) is 11.0. The van der Waals surface area contributed by atoms with Crippen molar-refractivity contribution < 1.29 is 70.4 Å². The van der Waals surface area contributed by atoms with Crippen molar-refractivity contribution in [2.75, 3.05) is 19.8 Å². The highest BCUT2D eigenvalue weighted by molar-refractivity contribution is 5.56. The van der Waals surface area contributed by atoms with Crippen LogP contribution in [0.2, 0.25) is 0 Å². The highest BCUT2D eigenvalue weighted by Crippen LogP contribution is 2.29. The minimum atomic E-state index is -1.87. The largest absolute Gasteiger partial charge is 0.394 e. The zero-order valence-electron chi connectivity index (χ0n) is 18.6. The number of hydrogen-bond acceptors (Lipinski definition) is 15. The van der Waals surface area contributed by atoms with Gasteiger partial charge in [-0.2, -0.15) is 0 Å². The standard InChI is InChI=1S/C20H35NO14/c22-3-7-1-9(21-10(2-8(26)4-23)13(28)11(27)5-24)14(29)17(32)19(7)35-20-18(33)16(31)15(30)12(6-25)34-20/h1,5,8-23,25-33H,2-4,6H2/t8-,9?,10?,11?,12+,13?,14?,15?,16-,17?,18?,19?,20?/m0/s1. The van der Waals surface area contributed by atoms with E-state index in [1.54, 1.807) is 0 Å². The van der Waals surface area contributed by atoms with Gasteiger partial charge in [0.05, 0.1) is 32.0 Å². The Morgan fingerprint density at radius 1 is 0.971 bits per heavy atom. The van der Waals surface area contributed by atoms with Crippen LogP contribution in [-0.4, -0.2) is 162 Å². The van der Waals surface area contributed by atoms with Gasteiger partial charge in [0.1, 0.15) is 54.9 Å². The molecule has 0 aromatic carbocycles. The molecule has 0 radical (unpaired) electrons. The fraction of sp³-hybridized carbons (Fsp3) is 0.850. The van der Waals surface area contributed by atoms with Crippen LogP contribution in [0.4, 0.5) is 0 Å². The minimum absolute atomic E-state index is 0.0378. The molecule has 1 saturated heterocycles. The second kappa shape index (κ2) is 13.4. The molecule has 35 heavy (non-hydrogen) atoms. The highest BCUT2D eigenvalue weighted by atomic mass is 16.7. The van der Waals surface area contributed by atoms with E-state index in [2.05, 4.69) is 5.32 Å². The molecule has 2 rings (SSSR count). The lowest BCUT2D eigenvalue weighted by Gasteiger charge is -2.44. The van der Waals surface area contributed by atoms with Gasteiger partial charge in [-0.1, -0.05) is 6.08 Å². The molecule has 0 aromatic rings. The molecule has 204 valence electrons. The minimum Gasteiger partial charge on any atom is -0.394 e. The number of carbonyl (C=O) groups excluding carboxylic acids is 1. The monoisotopic (exact) mass is 513 g/mol. The van der Waals surface area contributed by atoms with Crippen molar-refractivity contribution in [3.63, 3.8) is 0 Å². The Morgan fingerprint density at radius 2 is 1.63 bits per heavy atom. The van der Waals surface area contributed by atoms with E-state index in [9.17, 15) is 55.9 Å². The van der Waals surface area contributed by atoms with Gasteiger partial charge >= 0.3 is 0 Å². The van der Waals surface area contributed by atoms with Crippen LogP contribution in [0.15, 0.2) is 11.6 Å². The van der Waals surface area contributed by atoms with Gasteiger partial charge in [-0.05, 0) is 12.0 Å². The van der Waals surface area contributed by atoms with Crippen molar-refractivity contribution in [2.24, 2.45) is 0 Å². The van der Waals surface area contributed by atoms with Crippen molar-refractivity contribution in [3.8, 4) is 0 Å². The Balaban J connectivity index is 2.25. The van der Waals surface area contributed by atoms with Crippen LogP contribution < -0.4 is 5.32 Å². The third-order valence-electron chi connectivity index (χ3n) is 6.14. The van der Waals surface area contributed by atoms with Gasteiger partial charge in [-0.15, -0.1) is 0 Å². The van der Waals surface area contributed by atoms with Crippen molar-refractivity contribution in [2.45, 2.75) is 85.8 Å². The van der Waals surface area contributed by atoms with Crippen LogP contribution in [0.5, 0.6) is 0 Å². The number of aliphatic hydroxyl groups excluding tert-OH is 11. The van der Waals surface area contributed by atoms with Gasteiger partial charge in [0.15, 0.2) is 12.6 Å². The van der Waals surface area contributed by atoms with Gasteiger partial charge in [0.25, 0.3) is 0 Å². The lowest BCUT2D eigenvalue weighted by Crippen LogP contribution is -2.63. The molecule has 2 aliphatic rings. The van der Waals surface area contributed by atoms with Crippen LogP contribution in [0.1, 0.15) is 6.42 Å². The third-order valence-corrected chi connectivity index (χ3v) is 6.14. The number of rotatable bonds is 12. The maximum atomic E-state index is 10.9. The van der Waals surface area contributed by atoms with Gasteiger partial charge in [0, 0.05) is 6.04 Å². The molecule has 1 aliphatic carbocycles. The first kappa shape index (κ1) is 30.1. The number of aliphatic hydroxyl groups is 11. The zero-order valence-corrected chi connectivity index (χ0v) is 18.6. The zero-order chi connectivity index (χ0) is 26.4. The summed E-state index contributed by atoms with van der Waals surface area (Å²) in [5.41, 5.74) is -0.0378. The van der Waals surface area contributed by atoms with Crippen molar-refractivity contribution in [3.05, 3.63) is 11.6 Å². The smallest absolute Gasteiger partial charge is 0.187 e. The van der Waals surface area contributed by atoms with Gasteiger partial charge < -0.3 is 75.8 Å². The normalized spacial score (nSPS) is 39.4. The molecular weight excluding hydrogens is 478 g/mol. The number of nitrogens with one attached hydrogen (secondary N) is 1. The van der Waals surface area contributed by atoms with E-state index in [1.165, 1.54) is 6.08 Å². The molecule has 15 nitrogen and oxygen atoms in total. The summed E-state index contributed by atoms with van der Waals surface area (Å²) in [6.07, 6.45) is -17.3. The lowest BCUT2D eigenvalue weighted by atomic mass is 9.86. The third kappa shape index (κ3) is 7.00. The summed E-state index contributed by atoms with van der Waals surface area (Å²) in [5.74, 6) is 0. The van der Waals surface area contributed by atoms with Crippen LogP contribution in [0.3, 0.4) is 0 Å². The Hall–Kier alpha value is -1.15. The number of aldehydes is 1. The molecule has 0 aromatic heterocycles. The average Bonchev–Trinajstić information content (AvgIpc) is 2.86. The van der Waals surface area contributed by atoms with Gasteiger partial charge in [-0.25, -0.2) is 0 Å². The molecule has 13 atom stereocenters. The van der Waals surface area contributed by atoms with Crippen LogP contribution in [-0.2, 0) is 14.3 Å². The summed E-state index contributed by atoms with van der Waals surface area (Å²) >= 11 is 0. The van der Waals surface area contributed by atoms with E-state index < -0.39 is 99.2 Å². The molecule has 1 aliphatic heterocycles. The second-order valence-corrected chi connectivity index (χ2v) is 8.62. The summed E-state index contributed by atoms with van der Waals surface area (Å²) in [5, 5.41) is 112. The maximum Gasteiger partial charge on any atom is 0.187 e. The summed E-state index contributed by atoms with van der Waals surface area (Å²) in [4.78, 5) is 10.9. The molecule has 15 heteroatoms. The van der Waals surface area contributed by atoms with E-state index in [4.69, 9.17) is 14.6 Å². The SMILES string of the molecule is O=CC(O)C(O)C(C[C@H](O)CO)NC1C=C(CO)C(OC2O[C@H](CO)C(O)[C@H](O)C2O)C(O)C1O. The quantitative estimate of drug-likeness (QED) is 0.0853. The van der Waals surface area contributed by atoms with Crippen molar-refractivity contribution >= 4 is 6.29 Å². The Morgan fingerprint density at radius 3 is 2.17 bits per heavy atom. The number of carbonyl (C=O) groups is 1. The Bertz CT molecular complexity index is 695. The van der Waals surface area contributed by atoms with Crippen LogP contribution in [0.25, 0.3) is 0 Å². The van der Waals surface area contributed by atoms with E-state index in [0.717, 1.165) is 0 Å². The summed E-state index contributed by atoms with van der Waals surface area (Å²) < 4.78 is 10.7. The molecule has 0 amide bonds. The van der Waals surface area contributed by atoms with E-state index in [1.807, 2.05) is 0 Å². The first-order chi connectivity index (χ1) is 16.5. The molecule has 0 spiro atoms. The van der Waals surface area contributed by atoms with Crippen LogP contribution >= 0.6 is 0 Å². The van der Waals surface area contributed by atoms with E-state index >= 15 is 0 Å². The average molecular weight is 513 g/mol. The molecule has 0 saturated carbocycles. The van der Waals surface area contributed by atoms with Gasteiger partial charge in [-0.3, -0.25) is 0 Å². The molecule has 1 heterocycles. The van der Waals surface area contributed by atoms with E-state index in [-0.39, 0.29) is 18.3 Å². The molecule has 12 N–H and O–H groups in total. The Kier molecular flexibility index (Phi) is 11.5. The predicted octanol–water partition coefficient (Wildman–Crippen LogP) is -7.18. The number of hydrogen-bond donors (Lipinski definition) is 12. The van der Waals surface area contributed by atoms with Crippen molar-refractivity contribution in [1.82, 2.24) is 5.32 Å². The Labute approximate surface area is 200 Å². The fourth-order valence-corrected chi connectivity index (χ4v) is 4.06. The predicted molar refractivity (Wildman–Crippen MR) is 112 cm³/mol. The summed E-state index contributed by atoms with van der Waals surface area (Å²) in [6, 6.07) is -2.48. The first-order valence-corrected chi connectivity index (χ1v) is 11.0. The summed E-state index contributed by atoms with van der Waals surface area (Å²) in [7, 11) is 0. The molecule has 10 unspecified atom stereocenters. The van der Waals surface area contributed by atoms with E-state index in [0.29, 0.717) is 0 Å². The topological polar surface area (TPSA) is 270 Å².